The minimum absolute atomic E-state index is 0.715. The van der Waals surface area contributed by atoms with E-state index in [1.807, 2.05) is 6.07 Å². The maximum absolute atomic E-state index is 9.19. The first-order chi connectivity index (χ1) is 5.93. The van der Waals surface area contributed by atoms with Crippen molar-refractivity contribution in [3.05, 3.63) is 35.9 Å². The standard InChI is InChI=1S/C8H10.CH4O3S/c1-2-8-6-4-3-5-7-8;1-5(2,3)4/h3-7H,2H2,1H3;1H3,(H,2,3,4). The molecule has 0 radical (unpaired) electrons. The summed E-state index contributed by atoms with van der Waals surface area (Å²) in [5, 5.41) is 0. The molecule has 0 spiro atoms. The molecule has 3 nitrogen and oxygen atoms in total. The number of benzene rings is 1. The summed E-state index contributed by atoms with van der Waals surface area (Å²) in [4.78, 5) is 0. The van der Waals surface area contributed by atoms with E-state index in [9.17, 15) is 8.42 Å². The summed E-state index contributed by atoms with van der Waals surface area (Å²) in [7, 11) is -3.67. The molecule has 0 amide bonds. The van der Waals surface area contributed by atoms with Crippen LogP contribution in [0.3, 0.4) is 0 Å². The lowest BCUT2D eigenvalue weighted by Gasteiger charge is -1.89. The van der Waals surface area contributed by atoms with Crippen LogP contribution < -0.4 is 0 Å². The highest BCUT2D eigenvalue weighted by atomic mass is 32.2. The van der Waals surface area contributed by atoms with Gasteiger partial charge in [0.1, 0.15) is 0 Å². The van der Waals surface area contributed by atoms with Crippen LogP contribution >= 0.6 is 0 Å². The molecular weight excluding hydrogens is 188 g/mol. The van der Waals surface area contributed by atoms with E-state index in [4.69, 9.17) is 4.55 Å². The molecule has 0 aliphatic heterocycles. The first-order valence-electron chi connectivity index (χ1n) is 3.90. The summed E-state index contributed by atoms with van der Waals surface area (Å²) >= 11 is 0. The third kappa shape index (κ3) is 11.1. The molecule has 1 aromatic rings. The number of hydrogen-bond acceptors (Lipinski definition) is 2. The van der Waals surface area contributed by atoms with Crippen molar-refractivity contribution in [2.75, 3.05) is 6.26 Å². The Morgan fingerprint density at radius 2 is 1.62 bits per heavy atom. The Morgan fingerprint density at radius 1 is 1.23 bits per heavy atom. The predicted molar refractivity (Wildman–Crippen MR) is 53.3 cm³/mol. The average molecular weight is 202 g/mol. The van der Waals surface area contributed by atoms with Crippen molar-refractivity contribution in [3.63, 3.8) is 0 Å². The molecular formula is C9H14O3S. The zero-order chi connectivity index (χ0) is 10.3. The largest absolute Gasteiger partial charge is 0.286 e. The van der Waals surface area contributed by atoms with Crippen LogP contribution in [0.1, 0.15) is 12.5 Å². The van der Waals surface area contributed by atoms with E-state index in [1.54, 1.807) is 0 Å². The summed E-state index contributed by atoms with van der Waals surface area (Å²) in [6, 6.07) is 10.5. The summed E-state index contributed by atoms with van der Waals surface area (Å²) in [6.45, 7) is 2.16. The van der Waals surface area contributed by atoms with Crippen molar-refractivity contribution in [2.45, 2.75) is 13.3 Å². The van der Waals surface area contributed by atoms with Crippen molar-refractivity contribution < 1.29 is 13.0 Å². The lowest BCUT2D eigenvalue weighted by molar-refractivity contribution is 0.490. The third-order valence-corrected chi connectivity index (χ3v) is 1.25. The fourth-order valence-electron chi connectivity index (χ4n) is 0.714. The number of rotatable bonds is 1. The highest BCUT2D eigenvalue weighted by Crippen LogP contribution is 1.96. The fourth-order valence-corrected chi connectivity index (χ4v) is 0.714. The molecule has 0 fully saturated rings. The van der Waals surface area contributed by atoms with Crippen molar-refractivity contribution in [1.29, 1.82) is 0 Å². The van der Waals surface area contributed by atoms with Gasteiger partial charge in [-0.2, -0.15) is 8.42 Å². The first kappa shape index (κ1) is 12.1. The van der Waals surface area contributed by atoms with E-state index in [1.165, 1.54) is 5.56 Å². The van der Waals surface area contributed by atoms with E-state index < -0.39 is 10.1 Å². The monoisotopic (exact) mass is 202 g/mol. The van der Waals surface area contributed by atoms with E-state index in [0.717, 1.165) is 6.42 Å². The molecule has 0 atom stereocenters. The first-order valence-corrected chi connectivity index (χ1v) is 5.74. The smallest absolute Gasteiger partial charge is 0.261 e. The lowest BCUT2D eigenvalue weighted by Crippen LogP contribution is -1.88. The second-order valence-electron chi connectivity index (χ2n) is 2.57. The second-order valence-corrected chi connectivity index (χ2v) is 4.04. The van der Waals surface area contributed by atoms with Crippen molar-refractivity contribution in [2.24, 2.45) is 0 Å². The Labute approximate surface area is 79.2 Å². The van der Waals surface area contributed by atoms with Gasteiger partial charge in [-0.05, 0) is 12.0 Å². The quantitative estimate of drug-likeness (QED) is 0.706. The maximum atomic E-state index is 9.19. The van der Waals surface area contributed by atoms with Crippen LogP contribution in [0.4, 0.5) is 0 Å². The van der Waals surface area contributed by atoms with Crippen LogP contribution in [0, 0.1) is 0 Å². The van der Waals surface area contributed by atoms with Gasteiger partial charge in [0.25, 0.3) is 10.1 Å². The molecule has 13 heavy (non-hydrogen) atoms. The second kappa shape index (κ2) is 5.72. The predicted octanol–water partition coefficient (Wildman–Crippen LogP) is 1.75. The van der Waals surface area contributed by atoms with Gasteiger partial charge >= 0.3 is 0 Å². The van der Waals surface area contributed by atoms with E-state index in [-0.39, 0.29) is 0 Å². The van der Waals surface area contributed by atoms with Gasteiger partial charge in [-0.25, -0.2) is 0 Å². The van der Waals surface area contributed by atoms with Crippen molar-refractivity contribution in [1.82, 2.24) is 0 Å². The molecule has 1 rings (SSSR count). The minimum Gasteiger partial charge on any atom is -0.286 e. The molecule has 4 heteroatoms. The molecule has 1 N–H and O–H groups in total. The van der Waals surface area contributed by atoms with Crippen LogP contribution in [0.25, 0.3) is 0 Å². The topological polar surface area (TPSA) is 54.4 Å². The summed E-state index contributed by atoms with van der Waals surface area (Å²) in [5.41, 5.74) is 1.41. The van der Waals surface area contributed by atoms with Crippen LogP contribution in [0.5, 0.6) is 0 Å². The van der Waals surface area contributed by atoms with E-state index in [2.05, 4.69) is 31.2 Å². The molecule has 0 saturated carbocycles. The van der Waals surface area contributed by atoms with Gasteiger partial charge in [-0.1, -0.05) is 37.3 Å². The zero-order valence-electron chi connectivity index (χ0n) is 7.77. The maximum Gasteiger partial charge on any atom is 0.261 e. The molecule has 0 aromatic heterocycles. The van der Waals surface area contributed by atoms with Gasteiger partial charge in [0.2, 0.25) is 0 Å². The van der Waals surface area contributed by atoms with Gasteiger partial charge in [0.05, 0.1) is 6.26 Å². The fraction of sp³-hybridized carbons (Fsp3) is 0.333. The van der Waals surface area contributed by atoms with Crippen LogP contribution in [0.15, 0.2) is 30.3 Å². The number of aryl methyl sites for hydroxylation is 1. The summed E-state index contributed by atoms with van der Waals surface area (Å²) in [6.07, 6.45) is 1.86. The normalized spacial score (nSPS) is 10.1. The summed E-state index contributed by atoms with van der Waals surface area (Å²) in [5.74, 6) is 0. The highest BCUT2D eigenvalue weighted by Gasteiger charge is 1.81. The van der Waals surface area contributed by atoms with Crippen molar-refractivity contribution >= 4 is 10.1 Å². The van der Waals surface area contributed by atoms with Gasteiger partial charge < -0.3 is 0 Å². The zero-order valence-corrected chi connectivity index (χ0v) is 8.58. The van der Waals surface area contributed by atoms with E-state index in [0.29, 0.717) is 6.26 Å². The molecule has 0 saturated heterocycles. The lowest BCUT2D eigenvalue weighted by atomic mass is 10.2. The Bertz CT molecular complexity index is 308. The molecule has 1 aromatic carbocycles. The molecule has 0 unspecified atom stereocenters. The molecule has 0 bridgehead atoms. The Balaban J connectivity index is 0.000000252. The Kier molecular flexibility index (Phi) is 5.34. The Hall–Kier alpha value is -0.870. The van der Waals surface area contributed by atoms with Gasteiger partial charge in [0, 0.05) is 0 Å². The van der Waals surface area contributed by atoms with Gasteiger partial charge in [0.15, 0.2) is 0 Å². The average Bonchev–Trinajstić information content (AvgIpc) is 2.03. The highest BCUT2D eigenvalue weighted by molar-refractivity contribution is 7.85. The molecule has 0 heterocycles. The van der Waals surface area contributed by atoms with Gasteiger partial charge in [-0.15, -0.1) is 0 Å². The van der Waals surface area contributed by atoms with Gasteiger partial charge in [-0.3, -0.25) is 4.55 Å². The molecule has 74 valence electrons. The summed E-state index contributed by atoms with van der Waals surface area (Å²) < 4.78 is 25.9. The van der Waals surface area contributed by atoms with Crippen LogP contribution in [0.2, 0.25) is 0 Å². The van der Waals surface area contributed by atoms with Crippen LogP contribution in [-0.2, 0) is 16.5 Å². The van der Waals surface area contributed by atoms with E-state index >= 15 is 0 Å². The minimum atomic E-state index is -3.67. The SMILES string of the molecule is CCc1ccccc1.CS(=O)(=O)O. The van der Waals surface area contributed by atoms with Crippen LogP contribution in [-0.4, -0.2) is 19.2 Å². The molecule has 0 aliphatic rings. The number of hydrogen-bond donors (Lipinski definition) is 1. The third-order valence-electron chi connectivity index (χ3n) is 1.25. The molecule has 0 aliphatic carbocycles. The Morgan fingerprint density at radius 3 is 1.85 bits per heavy atom. The van der Waals surface area contributed by atoms with Crippen molar-refractivity contribution in [3.8, 4) is 0 Å².